The van der Waals surface area contributed by atoms with Gasteiger partial charge < -0.3 is 0 Å². The van der Waals surface area contributed by atoms with Crippen LogP contribution in [0.25, 0.3) is 0 Å². The van der Waals surface area contributed by atoms with Crippen molar-refractivity contribution in [1.29, 1.82) is 0 Å². The van der Waals surface area contributed by atoms with E-state index in [0.29, 0.717) is 23.4 Å². The van der Waals surface area contributed by atoms with Crippen molar-refractivity contribution in [2.75, 3.05) is 0 Å². The number of carbonyl (C=O) groups is 2. The van der Waals surface area contributed by atoms with Gasteiger partial charge >= 0.3 is 0 Å². The normalized spacial score (nSPS) is 46.6. The van der Waals surface area contributed by atoms with Crippen LogP contribution in [-0.2, 0) is 9.59 Å². The van der Waals surface area contributed by atoms with Crippen molar-refractivity contribution < 1.29 is 9.59 Å². The van der Waals surface area contributed by atoms with Crippen molar-refractivity contribution in [1.82, 2.24) is 0 Å². The van der Waals surface area contributed by atoms with Gasteiger partial charge in [-0.25, -0.2) is 0 Å². The van der Waals surface area contributed by atoms with E-state index in [1.54, 1.807) is 0 Å². The van der Waals surface area contributed by atoms with Crippen LogP contribution in [0.3, 0.4) is 0 Å². The first-order chi connectivity index (χ1) is 6.79. The molecule has 0 unspecified atom stereocenters. The smallest absolute Gasteiger partial charge is 0.136 e. The molecule has 0 amide bonds. The largest absolute Gasteiger partial charge is 0.299 e. The van der Waals surface area contributed by atoms with Gasteiger partial charge in [-0.15, -0.1) is 0 Å². The average molecular weight is 192 g/mol. The van der Waals surface area contributed by atoms with Gasteiger partial charge in [0.2, 0.25) is 0 Å². The molecule has 0 N–H and O–H groups in total. The Kier molecular flexibility index (Phi) is 1.80. The molecule has 3 aliphatic rings. The second-order valence-electron chi connectivity index (χ2n) is 5.10. The quantitative estimate of drug-likeness (QED) is 0.588. The molecule has 0 heterocycles. The first-order valence-corrected chi connectivity index (χ1v) is 5.84. The summed E-state index contributed by atoms with van der Waals surface area (Å²) in [5.74, 6) is 2.26. The van der Waals surface area contributed by atoms with Gasteiger partial charge in [-0.1, -0.05) is 0 Å². The minimum Gasteiger partial charge on any atom is -0.299 e. The highest BCUT2D eigenvalue weighted by atomic mass is 16.1. The zero-order valence-electron chi connectivity index (χ0n) is 8.37. The summed E-state index contributed by atoms with van der Waals surface area (Å²) in [5.41, 5.74) is 0. The van der Waals surface area contributed by atoms with Crippen molar-refractivity contribution in [2.24, 2.45) is 23.7 Å². The number of Topliss-reactive ketones (excluding diaryl/α,β-unsaturated/α-hetero) is 2. The van der Waals surface area contributed by atoms with Crippen molar-refractivity contribution in [3.05, 3.63) is 0 Å². The van der Waals surface area contributed by atoms with Crippen LogP contribution in [0.4, 0.5) is 0 Å². The lowest BCUT2D eigenvalue weighted by molar-refractivity contribution is -0.160. The highest BCUT2D eigenvalue weighted by Crippen LogP contribution is 2.56. The second kappa shape index (κ2) is 2.91. The van der Waals surface area contributed by atoms with Crippen LogP contribution in [0.15, 0.2) is 0 Å². The summed E-state index contributed by atoms with van der Waals surface area (Å²) in [6.45, 7) is 0. The molecule has 3 saturated carbocycles. The number of rotatable bonds is 0. The Morgan fingerprint density at radius 1 is 0.786 bits per heavy atom. The Hall–Kier alpha value is -0.660. The first kappa shape index (κ1) is 8.63. The van der Waals surface area contributed by atoms with Gasteiger partial charge in [0.25, 0.3) is 0 Å². The van der Waals surface area contributed by atoms with Gasteiger partial charge in [0.15, 0.2) is 0 Å². The number of hydrogen-bond donors (Lipinski definition) is 0. The minimum atomic E-state index is 0.154. The molecule has 3 aliphatic carbocycles. The summed E-state index contributed by atoms with van der Waals surface area (Å²) >= 11 is 0. The van der Waals surface area contributed by atoms with Crippen molar-refractivity contribution in [3.63, 3.8) is 0 Å². The summed E-state index contributed by atoms with van der Waals surface area (Å²) in [7, 11) is 0. The zero-order chi connectivity index (χ0) is 9.71. The molecule has 0 aromatic carbocycles. The summed E-state index contributed by atoms with van der Waals surface area (Å²) in [6.07, 6.45) is 6.00. The number of hydrogen-bond acceptors (Lipinski definition) is 2. The molecule has 0 saturated heterocycles. The average Bonchev–Trinajstić information content (AvgIpc) is 2.14. The van der Waals surface area contributed by atoms with Gasteiger partial charge in [0, 0.05) is 24.7 Å². The SMILES string of the molecule is O=C1CCC[C@@H]2[C@H]3CCCC(=O)[C@@H]3[C@@H]12. The van der Waals surface area contributed by atoms with E-state index in [2.05, 4.69) is 0 Å². The van der Waals surface area contributed by atoms with Crippen LogP contribution in [0.2, 0.25) is 0 Å². The lowest BCUT2D eigenvalue weighted by Crippen LogP contribution is -2.57. The Morgan fingerprint density at radius 3 is 1.64 bits per heavy atom. The molecule has 2 heteroatoms. The van der Waals surface area contributed by atoms with Gasteiger partial charge in [0.1, 0.15) is 11.6 Å². The molecular weight excluding hydrogens is 176 g/mol. The van der Waals surface area contributed by atoms with E-state index in [1.807, 2.05) is 0 Å². The predicted octanol–water partition coefficient (Wildman–Crippen LogP) is 1.97. The second-order valence-corrected chi connectivity index (χ2v) is 5.10. The highest BCUT2D eigenvalue weighted by Gasteiger charge is 2.57. The molecule has 3 rings (SSSR count). The van der Waals surface area contributed by atoms with Gasteiger partial charge in [-0.05, 0) is 37.5 Å². The van der Waals surface area contributed by atoms with E-state index in [4.69, 9.17) is 0 Å². The molecule has 0 radical (unpaired) electrons. The van der Waals surface area contributed by atoms with E-state index < -0.39 is 0 Å². The topological polar surface area (TPSA) is 34.1 Å². The molecule has 0 spiro atoms. The van der Waals surface area contributed by atoms with Crippen LogP contribution >= 0.6 is 0 Å². The molecule has 4 atom stereocenters. The Morgan fingerprint density at radius 2 is 1.21 bits per heavy atom. The maximum Gasteiger partial charge on any atom is 0.136 e. The van der Waals surface area contributed by atoms with Crippen molar-refractivity contribution >= 4 is 11.6 Å². The molecule has 0 aromatic heterocycles. The Bertz CT molecular complexity index is 265. The Labute approximate surface area is 84.1 Å². The predicted molar refractivity (Wildman–Crippen MR) is 51.7 cm³/mol. The standard InChI is InChI=1S/C12H16O2/c13-9-5-1-3-7-8-4-2-6-10(14)12(8)11(7)9/h7-8,11-12H,1-6H2/t7-,8-,11-,12-/m1/s1. The number of fused-ring (bicyclic) bond motifs is 4. The van der Waals surface area contributed by atoms with E-state index in [-0.39, 0.29) is 11.8 Å². The molecule has 3 fully saturated rings. The molecule has 0 aliphatic heterocycles. The summed E-state index contributed by atoms with van der Waals surface area (Å²) in [5, 5.41) is 0. The molecular formula is C12H16O2. The van der Waals surface area contributed by atoms with Crippen molar-refractivity contribution in [2.45, 2.75) is 38.5 Å². The monoisotopic (exact) mass is 192 g/mol. The number of carbonyl (C=O) groups excluding carboxylic acids is 2. The van der Waals surface area contributed by atoms with E-state index >= 15 is 0 Å². The maximum absolute atomic E-state index is 11.7. The third-order valence-electron chi connectivity index (χ3n) is 4.52. The van der Waals surface area contributed by atoms with Crippen molar-refractivity contribution in [3.8, 4) is 0 Å². The van der Waals surface area contributed by atoms with Gasteiger partial charge in [-0.3, -0.25) is 9.59 Å². The maximum atomic E-state index is 11.7. The molecule has 0 bridgehead atoms. The lowest BCUT2D eigenvalue weighted by atomic mass is 9.47. The lowest BCUT2D eigenvalue weighted by Gasteiger charge is -2.55. The third kappa shape index (κ3) is 0.971. The van der Waals surface area contributed by atoms with E-state index in [0.717, 1.165) is 25.7 Å². The fraction of sp³-hybridized carbons (Fsp3) is 0.833. The van der Waals surface area contributed by atoms with Gasteiger partial charge in [0.05, 0.1) is 0 Å². The summed E-state index contributed by atoms with van der Waals surface area (Å²) < 4.78 is 0. The Balaban J connectivity index is 1.86. The van der Waals surface area contributed by atoms with Gasteiger partial charge in [-0.2, -0.15) is 0 Å². The molecule has 14 heavy (non-hydrogen) atoms. The van der Waals surface area contributed by atoms with E-state index in [1.165, 1.54) is 12.8 Å². The van der Waals surface area contributed by atoms with Crippen LogP contribution in [0.5, 0.6) is 0 Å². The van der Waals surface area contributed by atoms with Crippen LogP contribution in [0.1, 0.15) is 38.5 Å². The third-order valence-corrected chi connectivity index (χ3v) is 4.52. The van der Waals surface area contributed by atoms with Crippen LogP contribution < -0.4 is 0 Å². The zero-order valence-corrected chi connectivity index (χ0v) is 8.37. The number of ketones is 2. The summed E-state index contributed by atoms with van der Waals surface area (Å²) in [6, 6.07) is 0. The first-order valence-electron chi connectivity index (χ1n) is 5.84. The molecule has 0 aromatic rings. The van der Waals surface area contributed by atoms with Crippen LogP contribution in [0, 0.1) is 23.7 Å². The molecule has 2 nitrogen and oxygen atoms in total. The summed E-state index contributed by atoms with van der Waals surface area (Å²) in [4.78, 5) is 23.4. The fourth-order valence-electron chi connectivity index (χ4n) is 3.94. The molecule has 76 valence electrons. The minimum absolute atomic E-state index is 0.154. The van der Waals surface area contributed by atoms with Crippen LogP contribution in [-0.4, -0.2) is 11.6 Å². The van der Waals surface area contributed by atoms with E-state index in [9.17, 15) is 9.59 Å². The highest BCUT2D eigenvalue weighted by molar-refractivity contribution is 5.93. The fourth-order valence-corrected chi connectivity index (χ4v) is 3.94.